The van der Waals surface area contributed by atoms with E-state index in [2.05, 4.69) is 24.1 Å². The van der Waals surface area contributed by atoms with Crippen molar-refractivity contribution in [3.05, 3.63) is 0 Å². The van der Waals surface area contributed by atoms with Crippen LogP contribution in [0.3, 0.4) is 0 Å². The van der Waals surface area contributed by atoms with Crippen molar-refractivity contribution in [2.24, 2.45) is 0 Å². The molecular weight excluding hydrogens is 136 g/mol. The minimum atomic E-state index is 0.729. The Hall–Kier alpha value is -0.0800. The maximum Gasteiger partial charge on any atom is 0.0110 e. The molecule has 0 aromatic heterocycles. The van der Waals surface area contributed by atoms with Crippen LogP contribution in [0.15, 0.2) is 0 Å². The average molecular weight is 158 g/mol. The van der Waals surface area contributed by atoms with Gasteiger partial charge in [0, 0.05) is 32.2 Å². The monoisotopic (exact) mass is 158 g/mol. The normalized spacial score (nSPS) is 19.4. The third-order valence-electron chi connectivity index (χ3n) is 1.88. The zero-order valence-corrected chi connectivity index (χ0v) is 8.35. The molecule has 1 N–H and O–H groups in total. The van der Waals surface area contributed by atoms with Gasteiger partial charge in [0.05, 0.1) is 0 Å². The number of hydrogen-bond donors (Lipinski definition) is 1. The van der Waals surface area contributed by atoms with E-state index in [1.165, 1.54) is 13.1 Å². The molecule has 1 rings (SSSR count). The molecule has 0 amide bonds. The molecule has 0 aromatic rings. The molecule has 1 saturated heterocycles. The first-order valence-electron chi connectivity index (χ1n) is 4.75. The highest BCUT2D eigenvalue weighted by Gasteiger charge is 2.11. The average Bonchev–Trinajstić information content (AvgIpc) is 2.10. The fraction of sp³-hybridized carbons (Fsp3) is 1.00. The van der Waals surface area contributed by atoms with E-state index in [0.29, 0.717) is 0 Å². The van der Waals surface area contributed by atoms with Crippen molar-refractivity contribution in [2.45, 2.75) is 33.7 Å². The summed E-state index contributed by atoms with van der Waals surface area (Å²) in [5, 5.41) is 3.33. The van der Waals surface area contributed by atoms with Crippen LogP contribution in [0.1, 0.15) is 27.7 Å². The second-order valence-electron chi connectivity index (χ2n) is 2.88. The highest BCUT2D eigenvalue weighted by molar-refractivity contribution is 4.69. The standard InChI is InChI=1S/C7H16N2.C2H6/c1-7(2)9-5-3-8-4-6-9;1-2/h7-8H,3-6H2,1-2H3;1-2H3. The molecule has 0 aliphatic carbocycles. The van der Waals surface area contributed by atoms with Gasteiger partial charge < -0.3 is 5.32 Å². The third kappa shape index (κ3) is 4.38. The van der Waals surface area contributed by atoms with Gasteiger partial charge in [0.25, 0.3) is 0 Å². The van der Waals surface area contributed by atoms with Gasteiger partial charge in [0.1, 0.15) is 0 Å². The first-order valence-corrected chi connectivity index (χ1v) is 4.75. The fourth-order valence-electron chi connectivity index (χ4n) is 1.20. The van der Waals surface area contributed by atoms with E-state index in [9.17, 15) is 0 Å². The first kappa shape index (κ1) is 10.9. The van der Waals surface area contributed by atoms with Gasteiger partial charge in [-0.15, -0.1) is 0 Å². The molecule has 0 radical (unpaired) electrons. The van der Waals surface area contributed by atoms with Gasteiger partial charge in [-0.05, 0) is 13.8 Å². The number of nitrogens with one attached hydrogen (secondary N) is 1. The van der Waals surface area contributed by atoms with Crippen molar-refractivity contribution in [1.82, 2.24) is 10.2 Å². The van der Waals surface area contributed by atoms with Crippen LogP contribution in [0.25, 0.3) is 0 Å². The second kappa shape index (κ2) is 6.62. The van der Waals surface area contributed by atoms with E-state index in [-0.39, 0.29) is 0 Å². The Kier molecular flexibility index (Phi) is 6.57. The van der Waals surface area contributed by atoms with Gasteiger partial charge in [-0.3, -0.25) is 4.90 Å². The molecular formula is C9H22N2. The van der Waals surface area contributed by atoms with E-state index >= 15 is 0 Å². The summed E-state index contributed by atoms with van der Waals surface area (Å²) in [6.45, 7) is 13.3. The third-order valence-corrected chi connectivity index (χ3v) is 1.88. The lowest BCUT2D eigenvalue weighted by molar-refractivity contribution is 0.196. The smallest absolute Gasteiger partial charge is 0.0110 e. The Morgan fingerprint density at radius 3 is 1.82 bits per heavy atom. The van der Waals surface area contributed by atoms with E-state index in [1.54, 1.807) is 0 Å². The maximum absolute atomic E-state index is 3.33. The summed E-state index contributed by atoms with van der Waals surface area (Å²) in [4.78, 5) is 2.50. The SMILES string of the molecule is CC.CC(C)N1CCNCC1. The zero-order chi connectivity index (χ0) is 8.69. The predicted octanol–water partition coefficient (Wildman–Crippen LogP) is 1.33. The van der Waals surface area contributed by atoms with Crippen molar-refractivity contribution in [3.8, 4) is 0 Å². The molecule has 1 heterocycles. The fourth-order valence-corrected chi connectivity index (χ4v) is 1.20. The van der Waals surface area contributed by atoms with Crippen LogP contribution in [-0.2, 0) is 0 Å². The number of hydrogen-bond acceptors (Lipinski definition) is 2. The molecule has 1 fully saturated rings. The maximum atomic E-state index is 3.33. The first-order chi connectivity index (χ1) is 5.30. The topological polar surface area (TPSA) is 15.3 Å². The largest absolute Gasteiger partial charge is 0.314 e. The lowest BCUT2D eigenvalue weighted by Crippen LogP contribution is -2.46. The van der Waals surface area contributed by atoms with Gasteiger partial charge in [0.15, 0.2) is 0 Å². The number of rotatable bonds is 1. The van der Waals surface area contributed by atoms with E-state index < -0.39 is 0 Å². The molecule has 1 aliphatic rings. The Bertz CT molecular complexity index is 75.6. The van der Waals surface area contributed by atoms with Crippen molar-refractivity contribution < 1.29 is 0 Å². The number of nitrogens with zero attached hydrogens (tertiary/aromatic N) is 1. The van der Waals surface area contributed by atoms with Gasteiger partial charge in [-0.1, -0.05) is 13.8 Å². The Labute approximate surface area is 71.0 Å². The molecule has 1 aliphatic heterocycles. The molecule has 11 heavy (non-hydrogen) atoms. The van der Waals surface area contributed by atoms with Crippen molar-refractivity contribution in [1.29, 1.82) is 0 Å². The predicted molar refractivity (Wildman–Crippen MR) is 50.9 cm³/mol. The zero-order valence-electron chi connectivity index (χ0n) is 8.35. The van der Waals surface area contributed by atoms with Crippen LogP contribution in [0.2, 0.25) is 0 Å². The minimum absolute atomic E-state index is 0.729. The quantitative estimate of drug-likeness (QED) is 0.619. The van der Waals surface area contributed by atoms with Crippen LogP contribution in [0, 0.1) is 0 Å². The van der Waals surface area contributed by atoms with E-state index in [1.807, 2.05) is 13.8 Å². The highest BCUT2D eigenvalue weighted by Crippen LogP contribution is 1.97. The van der Waals surface area contributed by atoms with Crippen LogP contribution in [-0.4, -0.2) is 37.1 Å². The summed E-state index contributed by atoms with van der Waals surface area (Å²) in [5.74, 6) is 0. The Morgan fingerprint density at radius 1 is 1.09 bits per heavy atom. The van der Waals surface area contributed by atoms with E-state index in [4.69, 9.17) is 0 Å². The molecule has 0 unspecified atom stereocenters. The van der Waals surface area contributed by atoms with Crippen LogP contribution in [0.5, 0.6) is 0 Å². The molecule has 0 saturated carbocycles. The molecule has 2 nitrogen and oxygen atoms in total. The highest BCUT2D eigenvalue weighted by atomic mass is 15.2. The van der Waals surface area contributed by atoms with Gasteiger partial charge in [-0.2, -0.15) is 0 Å². The van der Waals surface area contributed by atoms with Crippen LogP contribution >= 0.6 is 0 Å². The molecule has 0 spiro atoms. The molecule has 2 heteroatoms. The van der Waals surface area contributed by atoms with Crippen LogP contribution in [0.4, 0.5) is 0 Å². The summed E-state index contributed by atoms with van der Waals surface area (Å²) < 4.78 is 0. The van der Waals surface area contributed by atoms with Crippen LogP contribution < -0.4 is 5.32 Å². The molecule has 68 valence electrons. The number of piperazine rings is 1. The van der Waals surface area contributed by atoms with Gasteiger partial charge in [-0.25, -0.2) is 0 Å². The minimum Gasteiger partial charge on any atom is -0.314 e. The second-order valence-corrected chi connectivity index (χ2v) is 2.88. The summed E-state index contributed by atoms with van der Waals surface area (Å²) in [5.41, 5.74) is 0. The van der Waals surface area contributed by atoms with Gasteiger partial charge in [0.2, 0.25) is 0 Å². The molecule has 0 bridgehead atoms. The Balaban J connectivity index is 0.000000461. The Morgan fingerprint density at radius 2 is 1.55 bits per heavy atom. The van der Waals surface area contributed by atoms with Crippen molar-refractivity contribution in [3.63, 3.8) is 0 Å². The molecule has 0 aromatic carbocycles. The van der Waals surface area contributed by atoms with Crippen molar-refractivity contribution >= 4 is 0 Å². The summed E-state index contributed by atoms with van der Waals surface area (Å²) >= 11 is 0. The summed E-state index contributed by atoms with van der Waals surface area (Å²) in [6, 6.07) is 0.729. The van der Waals surface area contributed by atoms with Crippen molar-refractivity contribution in [2.75, 3.05) is 26.2 Å². The summed E-state index contributed by atoms with van der Waals surface area (Å²) in [7, 11) is 0. The lowest BCUT2D eigenvalue weighted by Gasteiger charge is -2.30. The molecule has 0 atom stereocenters. The van der Waals surface area contributed by atoms with Gasteiger partial charge >= 0.3 is 0 Å². The lowest BCUT2D eigenvalue weighted by atomic mass is 10.3. The van der Waals surface area contributed by atoms with E-state index in [0.717, 1.165) is 19.1 Å². The summed E-state index contributed by atoms with van der Waals surface area (Å²) in [6.07, 6.45) is 0.